The summed E-state index contributed by atoms with van der Waals surface area (Å²) < 4.78 is 16.3. The van der Waals surface area contributed by atoms with Gasteiger partial charge in [-0.3, -0.25) is 4.79 Å². The zero-order chi connectivity index (χ0) is 24.9. The highest BCUT2D eigenvalue weighted by Gasteiger charge is 2.23. The second-order valence-corrected chi connectivity index (χ2v) is 8.92. The van der Waals surface area contributed by atoms with Crippen molar-refractivity contribution >= 4 is 46.5 Å². The molecule has 11 heteroatoms. The summed E-state index contributed by atoms with van der Waals surface area (Å²) in [5.74, 6) is 2.30. The van der Waals surface area contributed by atoms with Gasteiger partial charge in [-0.1, -0.05) is 34.8 Å². The number of nitrogens with zero attached hydrogens (tertiary/aromatic N) is 4. The molecule has 35 heavy (non-hydrogen) atoms. The molecule has 2 aromatic carbocycles. The van der Waals surface area contributed by atoms with Crippen LogP contribution >= 0.6 is 34.8 Å². The fourth-order valence-corrected chi connectivity index (χ4v) is 4.27. The van der Waals surface area contributed by atoms with Crippen LogP contribution in [0.15, 0.2) is 42.5 Å². The lowest BCUT2D eigenvalue weighted by Gasteiger charge is -2.35. The molecule has 184 valence electrons. The fourth-order valence-electron chi connectivity index (χ4n) is 3.68. The first-order valence-electron chi connectivity index (χ1n) is 10.8. The van der Waals surface area contributed by atoms with E-state index in [2.05, 4.69) is 15.1 Å². The average molecular weight is 538 g/mol. The van der Waals surface area contributed by atoms with Crippen LogP contribution in [-0.2, 0) is 4.79 Å². The lowest BCUT2D eigenvalue weighted by atomic mass is 10.1. The smallest absolute Gasteiger partial charge is 0.260 e. The second kappa shape index (κ2) is 11.2. The molecule has 0 radical (unpaired) electrons. The van der Waals surface area contributed by atoms with Gasteiger partial charge in [0, 0.05) is 37.8 Å². The van der Waals surface area contributed by atoms with Gasteiger partial charge in [0.15, 0.2) is 12.4 Å². The molecule has 1 amide bonds. The molecule has 1 fully saturated rings. The van der Waals surface area contributed by atoms with Gasteiger partial charge in [-0.2, -0.15) is 0 Å². The maximum Gasteiger partial charge on any atom is 0.260 e. The van der Waals surface area contributed by atoms with E-state index in [0.717, 1.165) is 11.4 Å². The Morgan fingerprint density at radius 1 is 0.857 bits per heavy atom. The Kier molecular flexibility index (Phi) is 8.05. The van der Waals surface area contributed by atoms with E-state index in [1.165, 1.54) is 12.1 Å². The minimum absolute atomic E-state index is 0.140. The number of hydrogen-bond donors (Lipinski definition) is 0. The first-order chi connectivity index (χ1) is 16.9. The lowest BCUT2D eigenvalue weighted by Crippen LogP contribution is -2.50. The van der Waals surface area contributed by atoms with Gasteiger partial charge in [0.25, 0.3) is 5.91 Å². The van der Waals surface area contributed by atoms with Gasteiger partial charge in [0.1, 0.15) is 17.2 Å². The molecule has 0 bridgehead atoms. The van der Waals surface area contributed by atoms with Crippen molar-refractivity contribution in [2.45, 2.75) is 0 Å². The molecule has 0 N–H and O–H groups in total. The SMILES string of the molecule is COc1ccc(OC)c(-c2ccc(N3CCN(C(=O)COc4cc(Cl)c(Cl)cc4Cl)CC3)nn2)c1. The summed E-state index contributed by atoms with van der Waals surface area (Å²) in [5.41, 5.74) is 1.47. The molecule has 0 unspecified atom stereocenters. The normalized spacial score (nSPS) is 13.5. The predicted molar refractivity (Wildman–Crippen MR) is 136 cm³/mol. The largest absolute Gasteiger partial charge is 0.497 e. The minimum Gasteiger partial charge on any atom is -0.497 e. The molecule has 1 aliphatic rings. The Hall–Kier alpha value is -2.94. The van der Waals surface area contributed by atoms with Crippen molar-refractivity contribution in [3.63, 3.8) is 0 Å². The van der Waals surface area contributed by atoms with Gasteiger partial charge in [-0.15, -0.1) is 10.2 Å². The third kappa shape index (κ3) is 5.83. The lowest BCUT2D eigenvalue weighted by molar-refractivity contribution is -0.133. The number of rotatable bonds is 7. The van der Waals surface area contributed by atoms with Crippen LogP contribution in [0.5, 0.6) is 17.2 Å². The molecule has 0 spiro atoms. The molecule has 0 atom stereocenters. The maximum absolute atomic E-state index is 12.6. The number of ether oxygens (including phenoxy) is 3. The first-order valence-corrected chi connectivity index (χ1v) is 11.9. The minimum atomic E-state index is -0.144. The van der Waals surface area contributed by atoms with Crippen molar-refractivity contribution < 1.29 is 19.0 Å². The maximum atomic E-state index is 12.6. The van der Waals surface area contributed by atoms with Crippen LogP contribution in [-0.4, -0.2) is 68.0 Å². The number of amides is 1. The number of hydrogen-bond acceptors (Lipinski definition) is 7. The van der Waals surface area contributed by atoms with Gasteiger partial charge in [-0.05, 0) is 36.4 Å². The zero-order valence-corrected chi connectivity index (χ0v) is 21.4. The highest BCUT2D eigenvalue weighted by Crippen LogP contribution is 2.34. The van der Waals surface area contributed by atoms with Crippen molar-refractivity contribution in [2.24, 2.45) is 0 Å². The Morgan fingerprint density at radius 3 is 2.26 bits per heavy atom. The van der Waals surface area contributed by atoms with Gasteiger partial charge < -0.3 is 24.0 Å². The van der Waals surface area contributed by atoms with E-state index < -0.39 is 0 Å². The molecule has 0 aliphatic carbocycles. The van der Waals surface area contributed by atoms with Crippen LogP contribution in [0.4, 0.5) is 5.82 Å². The fraction of sp³-hybridized carbons (Fsp3) is 0.292. The molecule has 0 saturated carbocycles. The molecule has 1 saturated heterocycles. The van der Waals surface area contributed by atoms with E-state index in [4.69, 9.17) is 49.0 Å². The molecule has 3 aromatic rings. The third-order valence-electron chi connectivity index (χ3n) is 5.62. The van der Waals surface area contributed by atoms with Crippen molar-refractivity contribution in [1.29, 1.82) is 0 Å². The number of aromatic nitrogens is 2. The Balaban J connectivity index is 1.34. The Morgan fingerprint density at radius 2 is 1.60 bits per heavy atom. The van der Waals surface area contributed by atoms with E-state index in [-0.39, 0.29) is 12.5 Å². The number of carbonyl (C=O) groups is 1. The Bertz CT molecular complexity index is 1200. The van der Waals surface area contributed by atoms with E-state index in [9.17, 15) is 4.79 Å². The van der Waals surface area contributed by atoms with Crippen molar-refractivity contribution in [1.82, 2.24) is 15.1 Å². The number of benzene rings is 2. The van der Waals surface area contributed by atoms with Gasteiger partial charge in [0.05, 0.1) is 35.0 Å². The molecular formula is C24H23Cl3N4O4. The predicted octanol–water partition coefficient (Wildman–Crippen LogP) is 4.85. The van der Waals surface area contributed by atoms with Gasteiger partial charge in [0.2, 0.25) is 0 Å². The molecular weight excluding hydrogens is 515 g/mol. The van der Waals surface area contributed by atoms with Crippen molar-refractivity contribution in [3.05, 3.63) is 57.5 Å². The number of methoxy groups -OCH3 is 2. The second-order valence-electron chi connectivity index (χ2n) is 7.70. The molecule has 2 heterocycles. The number of piperazine rings is 1. The third-order valence-corrected chi connectivity index (χ3v) is 6.63. The Labute approximate surface area is 218 Å². The van der Waals surface area contributed by atoms with Crippen LogP contribution in [0.2, 0.25) is 15.1 Å². The van der Waals surface area contributed by atoms with E-state index in [0.29, 0.717) is 64.2 Å². The number of halogens is 3. The summed E-state index contributed by atoms with van der Waals surface area (Å²) >= 11 is 18.0. The highest BCUT2D eigenvalue weighted by molar-refractivity contribution is 6.43. The highest BCUT2D eigenvalue weighted by atomic mass is 35.5. The van der Waals surface area contributed by atoms with E-state index in [1.807, 2.05) is 30.3 Å². The van der Waals surface area contributed by atoms with Crippen LogP contribution in [0.3, 0.4) is 0 Å². The van der Waals surface area contributed by atoms with Crippen LogP contribution < -0.4 is 19.1 Å². The zero-order valence-electron chi connectivity index (χ0n) is 19.1. The summed E-state index contributed by atoms with van der Waals surface area (Å²) in [6, 6.07) is 12.3. The number of anilines is 1. The summed E-state index contributed by atoms with van der Waals surface area (Å²) in [7, 11) is 3.22. The monoisotopic (exact) mass is 536 g/mol. The first kappa shape index (κ1) is 25.2. The van der Waals surface area contributed by atoms with Crippen LogP contribution in [0, 0.1) is 0 Å². The van der Waals surface area contributed by atoms with Crippen LogP contribution in [0.1, 0.15) is 0 Å². The summed E-state index contributed by atoms with van der Waals surface area (Å²) in [5, 5.41) is 9.71. The van der Waals surface area contributed by atoms with E-state index >= 15 is 0 Å². The van der Waals surface area contributed by atoms with Crippen LogP contribution in [0.25, 0.3) is 11.3 Å². The molecule has 4 rings (SSSR count). The van der Waals surface area contributed by atoms with Gasteiger partial charge >= 0.3 is 0 Å². The summed E-state index contributed by atoms with van der Waals surface area (Å²) in [6.07, 6.45) is 0. The molecule has 8 nitrogen and oxygen atoms in total. The topological polar surface area (TPSA) is 77.0 Å². The van der Waals surface area contributed by atoms with Gasteiger partial charge in [-0.25, -0.2) is 0 Å². The molecule has 1 aliphatic heterocycles. The number of carbonyl (C=O) groups excluding carboxylic acids is 1. The van der Waals surface area contributed by atoms with E-state index in [1.54, 1.807) is 19.1 Å². The van der Waals surface area contributed by atoms with Crippen molar-refractivity contribution in [2.75, 3.05) is 51.9 Å². The standard InChI is InChI=1S/C24H23Cl3N4O4/c1-33-15-3-5-21(34-2)16(11-15)20-4-6-23(29-28-20)30-7-9-31(10-8-30)24(32)14-35-22-13-18(26)17(25)12-19(22)27/h3-6,11-13H,7-10,14H2,1-2H3. The summed E-state index contributed by atoms with van der Waals surface area (Å²) in [6.45, 7) is 2.16. The average Bonchev–Trinajstić information content (AvgIpc) is 2.89. The molecule has 1 aromatic heterocycles. The van der Waals surface area contributed by atoms with Crippen molar-refractivity contribution in [3.8, 4) is 28.5 Å². The quantitative estimate of drug-likeness (QED) is 0.399. The summed E-state index contributed by atoms with van der Waals surface area (Å²) in [4.78, 5) is 16.4.